The number of benzene rings is 1. The second-order valence-electron chi connectivity index (χ2n) is 3.74. The summed E-state index contributed by atoms with van der Waals surface area (Å²) in [6, 6.07) is 6.19. The first-order valence-corrected chi connectivity index (χ1v) is 4.96. The van der Waals surface area contributed by atoms with E-state index in [1.165, 1.54) is 12.1 Å². The van der Waals surface area contributed by atoms with Crippen molar-refractivity contribution in [2.24, 2.45) is 0 Å². The Hall–Kier alpha value is -1.42. The van der Waals surface area contributed by atoms with Crippen molar-refractivity contribution in [3.63, 3.8) is 0 Å². The Labute approximate surface area is 87.7 Å². The minimum absolute atomic E-state index is 0.00774. The van der Waals surface area contributed by atoms with E-state index < -0.39 is 0 Å². The standard InChI is InChI=1S/C11H13FN2O/c1-7-11(15)13-6-10(14-7)8-2-4-9(12)5-3-8/h2-5,7,10,14H,6H2,1H3,(H,13,15). The normalized spacial score (nSPS) is 26.1. The van der Waals surface area contributed by atoms with Crippen molar-refractivity contribution in [1.82, 2.24) is 10.6 Å². The van der Waals surface area contributed by atoms with Gasteiger partial charge in [0, 0.05) is 6.54 Å². The number of amides is 1. The average Bonchev–Trinajstić information content (AvgIpc) is 2.23. The second kappa shape index (κ2) is 3.98. The van der Waals surface area contributed by atoms with E-state index in [2.05, 4.69) is 10.6 Å². The first-order valence-electron chi connectivity index (χ1n) is 4.96. The van der Waals surface area contributed by atoms with Crippen molar-refractivity contribution >= 4 is 5.91 Å². The van der Waals surface area contributed by atoms with Gasteiger partial charge in [0.1, 0.15) is 5.82 Å². The molecule has 1 fully saturated rings. The van der Waals surface area contributed by atoms with Gasteiger partial charge in [-0.15, -0.1) is 0 Å². The molecule has 1 heterocycles. The number of carbonyl (C=O) groups is 1. The lowest BCUT2D eigenvalue weighted by molar-refractivity contribution is -0.124. The Balaban J connectivity index is 2.12. The lowest BCUT2D eigenvalue weighted by Gasteiger charge is -2.29. The fourth-order valence-electron chi connectivity index (χ4n) is 1.70. The molecule has 1 aromatic rings. The van der Waals surface area contributed by atoms with Crippen LogP contribution in [0.3, 0.4) is 0 Å². The molecule has 0 saturated carbocycles. The van der Waals surface area contributed by atoms with Gasteiger partial charge in [0.15, 0.2) is 0 Å². The maximum absolute atomic E-state index is 12.7. The van der Waals surface area contributed by atoms with Crippen molar-refractivity contribution in [3.8, 4) is 0 Å². The molecule has 0 aliphatic carbocycles. The maximum Gasteiger partial charge on any atom is 0.236 e. The largest absolute Gasteiger partial charge is 0.353 e. The molecule has 1 aliphatic rings. The third-order valence-electron chi connectivity index (χ3n) is 2.60. The van der Waals surface area contributed by atoms with E-state index >= 15 is 0 Å². The van der Waals surface area contributed by atoms with Gasteiger partial charge in [-0.25, -0.2) is 4.39 Å². The molecule has 4 heteroatoms. The quantitative estimate of drug-likeness (QED) is 0.722. The van der Waals surface area contributed by atoms with Crippen LogP contribution in [0.5, 0.6) is 0 Å². The lowest BCUT2D eigenvalue weighted by Crippen LogP contribution is -2.52. The molecule has 2 atom stereocenters. The van der Waals surface area contributed by atoms with E-state index in [9.17, 15) is 9.18 Å². The van der Waals surface area contributed by atoms with Gasteiger partial charge in [0.2, 0.25) is 5.91 Å². The second-order valence-corrected chi connectivity index (χ2v) is 3.74. The first kappa shape index (κ1) is 10.1. The van der Waals surface area contributed by atoms with Gasteiger partial charge >= 0.3 is 0 Å². The molecule has 1 aromatic carbocycles. The Kier molecular flexibility index (Phi) is 2.68. The molecule has 1 saturated heterocycles. The lowest BCUT2D eigenvalue weighted by atomic mass is 10.0. The van der Waals surface area contributed by atoms with Crippen LogP contribution in [0.1, 0.15) is 18.5 Å². The van der Waals surface area contributed by atoms with E-state index in [1.807, 2.05) is 6.92 Å². The van der Waals surface area contributed by atoms with Crippen LogP contribution in [0.4, 0.5) is 4.39 Å². The van der Waals surface area contributed by atoms with Crippen LogP contribution in [0.2, 0.25) is 0 Å². The average molecular weight is 208 g/mol. The molecule has 0 bridgehead atoms. The monoisotopic (exact) mass is 208 g/mol. The molecule has 0 spiro atoms. The first-order chi connectivity index (χ1) is 7.16. The fourth-order valence-corrected chi connectivity index (χ4v) is 1.70. The van der Waals surface area contributed by atoms with Gasteiger partial charge in [-0.2, -0.15) is 0 Å². The fraction of sp³-hybridized carbons (Fsp3) is 0.364. The summed E-state index contributed by atoms with van der Waals surface area (Å²) in [7, 11) is 0. The number of rotatable bonds is 1. The number of halogens is 1. The minimum Gasteiger partial charge on any atom is -0.353 e. The zero-order valence-corrected chi connectivity index (χ0v) is 8.46. The number of carbonyl (C=O) groups excluding carboxylic acids is 1. The number of piperazine rings is 1. The molecule has 2 unspecified atom stereocenters. The van der Waals surface area contributed by atoms with Crippen molar-refractivity contribution in [3.05, 3.63) is 35.6 Å². The topological polar surface area (TPSA) is 41.1 Å². The molecular weight excluding hydrogens is 195 g/mol. The number of hydrogen-bond acceptors (Lipinski definition) is 2. The van der Waals surface area contributed by atoms with E-state index in [0.29, 0.717) is 6.54 Å². The van der Waals surface area contributed by atoms with Crippen molar-refractivity contribution in [2.75, 3.05) is 6.54 Å². The van der Waals surface area contributed by atoms with E-state index in [4.69, 9.17) is 0 Å². The molecule has 0 radical (unpaired) electrons. The molecule has 0 aromatic heterocycles. The van der Waals surface area contributed by atoms with Crippen molar-refractivity contribution in [1.29, 1.82) is 0 Å². The van der Waals surface area contributed by atoms with E-state index in [1.54, 1.807) is 12.1 Å². The highest BCUT2D eigenvalue weighted by molar-refractivity contribution is 5.82. The van der Waals surface area contributed by atoms with Crippen LogP contribution >= 0.6 is 0 Å². The highest BCUT2D eigenvalue weighted by Crippen LogP contribution is 2.15. The van der Waals surface area contributed by atoms with Gasteiger partial charge in [-0.05, 0) is 24.6 Å². The Morgan fingerprint density at radius 1 is 1.33 bits per heavy atom. The predicted molar refractivity (Wildman–Crippen MR) is 54.7 cm³/mol. The molecule has 1 amide bonds. The van der Waals surface area contributed by atoms with Crippen molar-refractivity contribution in [2.45, 2.75) is 19.0 Å². The molecule has 2 N–H and O–H groups in total. The van der Waals surface area contributed by atoms with Gasteiger partial charge in [0.05, 0.1) is 12.1 Å². The van der Waals surface area contributed by atoms with Crippen LogP contribution in [0.25, 0.3) is 0 Å². The van der Waals surface area contributed by atoms with E-state index in [-0.39, 0.29) is 23.8 Å². The predicted octanol–water partition coefficient (Wildman–Crippen LogP) is 0.975. The van der Waals surface area contributed by atoms with Gasteiger partial charge < -0.3 is 5.32 Å². The van der Waals surface area contributed by atoms with Gasteiger partial charge in [-0.3, -0.25) is 10.1 Å². The van der Waals surface area contributed by atoms with Crippen LogP contribution < -0.4 is 10.6 Å². The summed E-state index contributed by atoms with van der Waals surface area (Å²) in [5, 5.41) is 5.97. The summed E-state index contributed by atoms with van der Waals surface area (Å²) in [4.78, 5) is 11.2. The smallest absolute Gasteiger partial charge is 0.236 e. The van der Waals surface area contributed by atoms with Crippen LogP contribution in [-0.2, 0) is 4.79 Å². The summed E-state index contributed by atoms with van der Waals surface area (Å²) >= 11 is 0. The molecule has 2 rings (SSSR count). The summed E-state index contributed by atoms with van der Waals surface area (Å²) < 4.78 is 12.7. The van der Waals surface area contributed by atoms with Crippen LogP contribution in [0, 0.1) is 5.82 Å². The number of nitrogens with one attached hydrogen (secondary N) is 2. The molecular formula is C11H13FN2O. The summed E-state index contributed by atoms with van der Waals surface area (Å²) in [5.41, 5.74) is 0.989. The summed E-state index contributed by atoms with van der Waals surface area (Å²) in [6.07, 6.45) is 0. The van der Waals surface area contributed by atoms with Crippen molar-refractivity contribution < 1.29 is 9.18 Å². The highest BCUT2D eigenvalue weighted by Gasteiger charge is 2.24. The number of hydrogen-bond donors (Lipinski definition) is 2. The summed E-state index contributed by atoms with van der Waals surface area (Å²) in [6.45, 7) is 2.36. The SMILES string of the molecule is CC1NC(c2ccc(F)cc2)CNC1=O. The van der Waals surface area contributed by atoms with E-state index in [0.717, 1.165) is 5.56 Å². The highest BCUT2D eigenvalue weighted by atomic mass is 19.1. The van der Waals surface area contributed by atoms with Gasteiger partial charge in [-0.1, -0.05) is 12.1 Å². The van der Waals surface area contributed by atoms with Crippen LogP contribution in [-0.4, -0.2) is 18.5 Å². The molecule has 1 aliphatic heterocycles. The Bertz CT molecular complexity index is 363. The molecule has 80 valence electrons. The zero-order chi connectivity index (χ0) is 10.8. The van der Waals surface area contributed by atoms with Crippen LogP contribution in [0.15, 0.2) is 24.3 Å². The Morgan fingerprint density at radius 3 is 2.60 bits per heavy atom. The Morgan fingerprint density at radius 2 is 2.00 bits per heavy atom. The minimum atomic E-state index is -0.244. The zero-order valence-electron chi connectivity index (χ0n) is 8.46. The third-order valence-corrected chi connectivity index (χ3v) is 2.60. The maximum atomic E-state index is 12.7. The molecule has 3 nitrogen and oxygen atoms in total. The summed E-state index contributed by atoms with van der Waals surface area (Å²) in [5.74, 6) is -0.236. The third kappa shape index (κ3) is 2.15. The van der Waals surface area contributed by atoms with Gasteiger partial charge in [0.25, 0.3) is 0 Å². The molecule has 15 heavy (non-hydrogen) atoms.